The van der Waals surface area contributed by atoms with Crippen LogP contribution in [0, 0.1) is 0 Å². The minimum Gasteiger partial charge on any atom is -0.406 e. The number of hydrogen-bond donors (Lipinski definition) is 1. The number of carbonyl (C=O) groups is 1. The van der Waals surface area contributed by atoms with E-state index in [4.69, 9.17) is 0 Å². The van der Waals surface area contributed by atoms with E-state index < -0.39 is 16.4 Å². The minimum atomic E-state index is -4.72. The lowest BCUT2D eigenvalue weighted by Gasteiger charge is -2.34. The smallest absolute Gasteiger partial charge is 0.406 e. The molecule has 33 heavy (non-hydrogen) atoms. The summed E-state index contributed by atoms with van der Waals surface area (Å²) in [7, 11) is -3.65. The molecule has 11 heteroatoms. The van der Waals surface area contributed by atoms with Crippen molar-refractivity contribution in [3.05, 3.63) is 72.3 Å². The first kappa shape index (κ1) is 24.7. The maximum atomic E-state index is 12.8. The summed E-state index contributed by atoms with van der Waals surface area (Å²) in [6.07, 6.45) is -3.28. The van der Waals surface area contributed by atoms with Gasteiger partial charge < -0.3 is 9.64 Å². The van der Waals surface area contributed by atoms with E-state index in [0.717, 1.165) is 5.56 Å². The largest absolute Gasteiger partial charge is 0.573 e. The Kier molecular flexibility index (Phi) is 7.77. The van der Waals surface area contributed by atoms with E-state index in [0.29, 0.717) is 38.3 Å². The van der Waals surface area contributed by atoms with Crippen LogP contribution in [0.2, 0.25) is 0 Å². The molecule has 1 aliphatic heterocycles. The molecule has 0 aliphatic carbocycles. The summed E-state index contributed by atoms with van der Waals surface area (Å²) in [5, 5.41) is 0. The fraction of sp³-hybridized carbons (Fsp3) is 0.318. The molecule has 2 aromatic rings. The Morgan fingerprint density at radius 3 is 2.18 bits per heavy atom. The van der Waals surface area contributed by atoms with Gasteiger partial charge in [-0.25, -0.2) is 13.1 Å². The molecule has 1 fully saturated rings. The average Bonchev–Trinajstić information content (AvgIpc) is 2.78. The summed E-state index contributed by atoms with van der Waals surface area (Å²) in [6, 6.07) is 11.5. The maximum Gasteiger partial charge on any atom is 0.573 e. The van der Waals surface area contributed by atoms with Gasteiger partial charge in [-0.3, -0.25) is 9.69 Å². The van der Waals surface area contributed by atoms with Crippen LogP contribution < -0.4 is 9.46 Å². The zero-order valence-corrected chi connectivity index (χ0v) is 18.5. The van der Waals surface area contributed by atoms with Crippen molar-refractivity contribution in [1.29, 1.82) is 0 Å². The maximum absolute atomic E-state index is 12.8. The van der Waals surface area contributed by atoms with Crippen molar-refractivity contribution >= 4 is 15.9 Å². The lowest BCUT2D eigenvalue weighted by atomic mass is 10.1. The molecule has 0 aromatic heterocycles. The highest BCUT2D eigenvalue weighted by molar-refractivity contribution is 7.89. The second-order valence-electron chi connectivity index (χ2n) is 7.43. The van der Waals surface area contributed by atoms with Gasteiger partial charge in [0.05, 0.1) is 4.90 Å². The normalized spacial score (nSPS) is 15.3. The summed E-state index contributed by atoms with van der Waals surface area (Å²) < 4.78 is 67.3. The van der Waals surface area contributed by atoms with E-state index in [9.17, 15) is 26.4 Å². The molecule has 2 aromatic carbocycles. The van der Waals surface area contributed by atoms with Crippen molar-refractivity contribution < 1.29 is 31.1 Å². The quantitative estimate of drug-likeness (QED) is 0.584. The highest BCUT2D eigenvalue weighted by atomic mass is 32.2. The summed E-state index contributed by atoms with van der Waals surface area (Å²) in [6.45, 7) is 6.28. The second kappa shape index (κ2) is 10.4. The average molecular weight is 484 g/mol. The monoisotopic (exact) mass is 483 g/mol. The van der Waals surface area contributed by atoms with Gasteiger partial charge in [-0.2, -0.15) is 0 Å². The number of alkyl halides is 3. The first-order chi connectivity index (χ1) is 15.6. The van der Waals surface area contributed by atoms with E-state index in [2.05, 4.69) is 20.9 Å². The fourth-order valence-electron chi connectivity index (χ4n) is 3.38. The number of carbonyl (C=O) groups excluding carboxylic acids is 1. The number of nitrogens with one attached hydrogen (secondary N) is 1. The molecule has 1 aliphatic rings. The summed E-state index contributed by atoms with van der Waals surface area (Å²) in [4.78, 5) is 16.6. The van der Waals surface area contributed by atoms with Gasteiger partial charge in [0.15, 0.2) is 0 Å². The third-order valence-corrected chi connectivity index (χ3v) is 6.49. The van der Waals surface area contributed by atoms with Crippen molar-refractivity contribution in [2.45, 2.75) is 17.8 Å². The number of benzene rings is 2. The van der Waals surface area contributed by atoms with Gasteiger partial charge in [-0.05, 0) is 42.0 Å². The summed E-state index contributed by atoms with van der Waals surface area (Å²) >= 11 is 0. The van der Waals surface area contributed by atoms with E-state index in [1.54, 1.807) is 17.0 Å². The Labute approximate surface area is 190 Å². The van der Waals surface area contributed by atoms with Gasteiger partial charge in [0.1, 0.15) is 5.75 Å². The predicted octanol–water partition coefficient (Wildman–Crippen LogP) is 3.01. The fourth-order valence-corrected chi connectivity index (χ4v) is 4.37. The van der Waals surface area contributed by atoms with Crippen LogP contribution in [0.1, 0.15) is 15.9 Å². The van der Waals surface area contributed by atoms with E-state index in [1.165, 1.54) is 42.5 Å². The first-order valence-corrected chi connectivity index (χ1v) is 11.6. The van der Waals surface area contributed by atoms with Crippen LogP contribution in [-0.2, 0) is 16.6 Å². The molecule has 0 spiro atoms. The van der Waals surface area contributed by atoms with Gasteiger partial charge in [0.25, 0.3) is 5.91 Å². The molecular weight excluding hydrogens is 459 g/mol. The van der Waals surface area contributed by atoms with E-state index in [-0.39, 0.29) is 23.1 Å². The van der Waals surface area contributed by atoms with Crippen LogP contribution in [0.15, 0.2) is 66.1 Å². The molecule has 0 unspecified atom stereocenters. The van der Waals surface area contributed by atoms with E-state index in [1.807, 2.05) is 0 Å². The third kappa shape index (κ3) is 7.04. The molecular formula is C22H24F3N3O4S. The number of halogens is 3. The molecule has 1 amide bonds. The highest BCUT2D eigenvalue weighted by Gasteiger charge is 2.31. The molecule has 178 valence electrons. The minimum absolute atomic E-state index is 0.0670. The van der Waals surface area contributed by atoms with Gasteiger partial charge in [-0.1, -0.05) is 18.2 Å². The van der Waals surface area contributed by atoms with Crippen molar-refractivity contribution in [3.8, 4) is 5.75 Å². The van der Waals surface area contributed by atoms with Gasteiger partial charge in [-0.15, -0.1) is 19.8 Å². The Morgan fingerprint density at radius 1 is 1.03 bits per heavy atom. The van der Waals surface area contributed by atoms with Crippen LogP contribution in [0.4, 0.5) is 13.2 Å². The van der Waals surface area contributed by atoms with Crippen molar-refractivity contribution in [1.82, 2.24) is 14.5 Å². The van der Waals surface area contributed by atoms with Crippen molar-refractivity contribution in [2.75, 3.05) is 32.7 Å². The lowest BCUT2D eigenvalue weighted by molar-refractivity contribution is -0.274. The molecule has 1 heterocycles. The number of nitrogens with zero attached hydrogens (tertiary/aromatic N) is 2. The first-order valence-electron chi connectivity index (χ1n) is 10.1. The van der Waals surface area contributed by atoms with Gasteiger partial charge >= 0.3 is 6.36 Å². The second-order valence-corrected chi connectivity index (χ2v) is 9.19. The SMILES string of the molecule is C=CCNS(=O)(=O)c1ccc(C(=O)N2CCN(Cc3ccc(OC(F)(F)F)cc3)CC2)cc1. The van der Waals surface area contributed by atoms with Crippen LogP contribution in [-0.4, -0.2) is 63.2 Å². The topological polar surface area (TPSA) is 79.0 Å². The molecule has 3 rings (SSSR count). The number of piperazine rings is 1. The lowest BCUT2D eigenvalue weighted by Crippen LogP contribution is -2.48. The number of ether oxygens (including phenoxy) is 1. The molecule has 1 N–H and O–H groups in total. The van der Waals surface area contributed by atoms with Crippen LogP contribution in [0.3, 0.4) is 0 Å². The van der Waals surface area contributed by atoms with Gasteiger partial charge in [0, 0.05) is 44.8 Å². The zero-order chi connectivity index (χ0) is 24.1. The summed E-state index contributed by atoms with van der Waals surface area (Å²) in [5.74, 6) is -0.455. The molecule has 0 radical (unpaired) electrons. The molecule has 0 saturated carbocycles. The third-order valence-electron chi connectivity index (χ3n) is 5.05. The van der Waals surface area contributed by atoms with Crippen LogP contribution in [0.5, 0.6) is 5.75 Å². The Hall–Kier alpha value is -2.89. The Morgan fingerprint density at radius 2 is 1.64 bits per heavy atom. The number of sulfonamides is 1. The van der Waals surface area contributed by atoms with Crippen molar-refractivity contribution in [3.63, 3.8) is 0 Å². The predicted molar refractivity (Wildman–Crippen MR) is 116 cm³/mol. The Balaban J connectivity index is 1.52. The van der Waals surface area contributed by atoms with Gasteiger partial charge in [0.2, 0.25) is 10.0 Å². The zero-order valence-electron chi connectivity index (χ0n) is 17.7. The van der Waals surface area contributed by atoms with Crippen LogP contribution >= 0.6 is 0 Å². The number of hydrogen-bond acceptors (Lipinski definition) is 5. The van der Waals surface area contributed by atoms with Crippen molar-refractivity contribution in [2.24, 2.45) is 0 Å². The number of rotatable bonds is 8. The molecule has 1 saturated heterocycles. The molecule has 7 nitrogen and oxygen atoms in total. The molecule has 0 bridgehead atoms. The number of amides is 1. The van der Waals surface area contributed by atoms with E-state index >= 15 is 0 Å². The molecule has 0 atom stereocenters. The van der Waals surface area contributed by atoms with Crippen LogP contribution in [0.25, 0.3) is 0 Å². The standard InChI is InChI=1S/C22H24F3N3O4S/c1-2-11-26-33(30,31)20-9-5-18(6-10-20)21(29)28-14-12-27(13-15-28)16-17-3-7-19(8-4-17)32-22(23,24)25/h2-10,26H,1,11-16H2. The summed E-state index contributed by atoms with van der Waals surface area (Å²) in [5.41, 5.74) is 1.23. The Bertz CT molecular complexity index is 1060. The highest BCUT2D eigenvalue weighted by Crippen LogP contribution is 2.23.